The molecule has 7 aromatic heterocycles. The summed E-state index contributed by atoms with van der Waals surface area (Å²) in [5, 5.41) is 15.0. The van der Waals surface area contributed by atoms with Crippen LogP contribution in [0.1, 0.15) is 132 Å². The first kappa shape index (κ1) is 47.0. The van der Waals surface area contributed by atoms with Crippen LogP contribution in [0.2, 0.25) is 0 Å². The normalized spacial score (nSPS) is 24.5. The highest BCUT2D eigenvalue weighted by Gasteiger charge is 2.39. The second-order valence-electron chi connectivity index (χ2n) is 20.7. The number of carbonyl (C=O) groups is 3. The maximum absolute atomic E-state index is 12.7. The Morgan fingerprint density at radius 3 is 1.52 bits per heavy atom. The van der Waals surface area contributed by atoms with Crippen LogP contribution in [0.25, 0.3) is 33.1 Å². The van der Waals surface area contributed by atoms with Crippen molar-refractivity contribution in [2.24, 2.45) is 0 Å². The highest BCUT2D eigenvalue weighted by atomic mass is 32.2. The van der Waals surface area contributed by atoms with Crippen molar-refractivity contribution in [1.29, 1.82) is 0 Å². The molecular weight excluding hydrogens is 949 g/mol. The van der Waals surface area contributed by atoms with E-state index < -0.39 is 9.84 Å². The molecule has 7 aromatic rings. The van der Waals surface area contributed by atoms with Crippen molar-refractivity contribution in [2.75, 3.05) is 49.7 Å². The summed E-state index contributed by atoms with van der Waals surface area (Å²) in [5.74, 6) is 1.85. The maximum Gasteiger partial charge on any atom is 0.268 e. The monoisotopic (exact) mass is 1010 g/mol. The molecule has 11 heterocycles. The minimum Gasteiger partial charge on any atom is -0.368 e. The zero-order chi connectivity index (χ0) is 50.1. The van der Waals surface area contributed by atoms with E-state index in [2.05, 4.69) is 83.2 Å². The molecule has 4 aliphatic heterocycles. The number of fused-ring (bicyclic) bond motifs is 15. The maximum atomic E-state index is 12.7. The summed E-state index contributed by atoms with van der Waals surface area (Å²) >= 11 is 0. The molecule has 3 amide bonds. The molecule has 21 nitrogen and oxygen atoms in total. The van der Waals surface area contributed by atoms with Crippen molar-refractivity contribution in [3.05, 3.63) is 78.0 Å². The Morgan fingerprint density at radius 1 is 0.562 bits per heavy atom. The van der Waals surface area contributed by atoms with Crippen LogP contribution in [-0.4, -0.2) is 137 Å². The van der Waals surface area contributed by atoms with Crippen molar-refractivity contribution in [2.45, 2.75) is 125 Å². The Bertz CT molecular complexity index is 3420. The first-order valence-electron chi connectivity index (χ1n) is 25.7. The number of carbonyl (C=O) groups excluding carboxylic acids is 3. The summed E-state index contributed by atoms with van der Waals surface area (Å²) in [6.45, 7) is 6.05. The van der Waals surface area contributed by atoms with Crippen molar-refractivity contribution in [1.82, 2.24) is 69.4 Å². The number of hydrogen-bond acceptors (Lipinski definition) is 15. The van der Waals surface area contributed by atoms with Gasteiger partial charge in [-0.1, -0.05) is 38.5 Å². The molecule has 4 N–H and O–H groups in total. The van der Waals surface area contributed by atoms with Gasteiger partial charge in [0.25, 0.3) is 17.7 Å². The minimum absolute atomic E-state index is 0.0122. The van der Waals surface area contributed by atoms with E-state index in [1.54, 1.807) is 12.3 Å². The molecule has 22 heteroatoms. The van der Waals surface area contributed by atoms with Crippen LogP contribution in [0.15, 0.2) is 60.3 Å². The Labute approximate surface area is 421 Å². The summed E-state index contributed by atoms with van der Waals surface area (Å²) in [6, 6.07) is 10.9. The molecule has 380 valence electrons. The van der Waals surface area contributed by atoms with Crippen LogP contribution in [0.4, 0.5) is 17.5 Å². The summed E-state index contributed by atoms with van der Waals surface area (Å²) in [7, 11) is -1.32. The van der Waals surface area contributed by atoms with Gasteiger partial charge >= 0.3 is 0 Å². The Kier molecular flexibility index (Phi) is 12.1. The number of anilines is 3. The van der Waals surface area contributed by atoms with Gasteiger partial charge in [0.05, 0.1) is 30.0 Å². The number of rotatable bonds is 4. The summed E-state index contributed by atoms with van der Waals surface area (Å²) in [6.07, 6.45) is 21.2. The van der Waals surface area contributed by atoms with Crippen LogP contribution in [0, 0.1) is 6.92 Å². The lowest BCUT2D eigenvalue weighted by atomic mass is 9.88. The van der Waals surface area contributed by atoms with Gasteiger partial charge in [-0.2, -0.15) is 9.97 Å². The molecule has 6 atom stereocenters. The van der Waals surface area contributed by atoms with Crippen molar-refractivity contribution >= 4 is 78.1 Å². The van der Waals surface area contributed by atoms with E-state index >= 15 is 0 Å². The van der Waals surface area contributed by atoms with Gasteiger partial charge < -0.3 is 44.8 Å². The smallest absolute Gasteiger partial charge is 0.268 e. The first-order chi connectivity index (χ1) is 35.3. The van der Waals surface area contributed by atoms with E-state index in [9.17, 15) is 22.8 Å². The predicted molar refractivity (Wildman–Crippen MR) is 274 cm³/mol. The van der Waals surface area contributed by atoms with Crippen LogP contribution in [0.5, 0.6) is 0 Å². The van der Waals surface area contributed by atoms with Gasteiger partial charge in [-0.15, -0.1) is 0 Å². The molecule has 3 saturated carbocycles. The Morgan fingerprint density at radius 2 is 1.03 bits per heavy atom. The number of likely N-dealkylation sites (N-methyl/N-ethyl adjacent to an activating group) is 1. The summed E-state index contributed by atoms with van der Waals surface area (Å²) in [4.78, 5) is 72.6. The van der Waals surface area contributed by atoms with Gasteiger partial charge in [-0.05, 0) is 82.8 Å². The van der Waals surface area contributed by atoms with Gasteiger partial charge in [0.2, 0.25) is 20.9 Å². The number of nitrogens with one attached hydrogen (secondary N) is 4. The van der Waals surface area contributed by atoms with Gasteiger partial charge in [0.15, 0.2) is 0 Å². The molecule has 7 aliphatic rings. The van der Waals surface area contributed by atoms with E-state index in [1.165, 1.54) is 25.5 Å². The average molecular weight is 1010 g/mol. The molecule has 0 aromatic carbocycles. The molecule has 14 rings (SSSR count). The lowest BCUT2D eigenvalue weighted by Crippen LogP contribution is -2.48. The fraction of sp³-hybridized carbons (Fsp3) is 0.490. The molecule has 0 bridgehead atoms. The second kappa shape index (κ2) is 18.8. The van der Waals surface area contributed by atoms with Crippen LogP contribution in [0.3, 0.4) is 0 Å². The SMILES string of the molecule is CN1CCN(c2ccc(Nc3ncc4cc5n(c4n3)[C@H]3CCCC[C@@H]3NC5=O)nc2)CC1.CS(=O)(=O)c1ncc2cc3n(c2n1)[C@H]1CCCC[C@@H]1NC3=O.Cc1ncc2cc3n(c2n1)[C@H]1CCCC[C@@H]1NC3=O. The third-order valence-corrected chi connectivity index (χ3v) is 16.7. The highest BCUT2D eigenvalue weighted by molar-refractivity contribution is 7.90. The number of piperazine rings is 1. The number of aromatic nitrogens is 10. The standard InChI is InChI=1S/C23H28N8O.C14H16N4O3S.C14H16N4O/c1-29-8-10-30(11-9-29)16-6-7-20(24-14-16)27-23-25-13-15-12-19-22(32)26-17-4-2-3-5-18(17)31(19)21(15)28-23;1-22(20,21)14-15-7-8-6-11-13(19)16-9-4-2-3-5-10(9)18(11)12(8)17-14;1-8-15-7-9-6-12-14(19)17-10-4-2-3-5-11(10)18(12)13(9)16-8/h6-7,12-14,17-18H,2-5,8-11H2,1H3,(H,26,32)(H,24,25,27,28);6-7,9-10H,2-5H2,1H3,(H,16,19);6-7,10-11H,2-5H2,1H3,(H,17,19)/t17-,18-;9-,10-;10-,11-/m000/s1. The van der Waals surface area contributed by atoms with E-state index in [0.717, 1.165) is 129 Å². The van der Waals surface area contributed by atoms with Gasteiger partial charge in [0, 0.05) is 85.3 Å². The largest absolute Gasteiger partial charge is 0.368 e. The van der Waals surface area contributed by atoms with E-state index in [0.29, 0.717) is 40.2 Å². The summed E-state index contributed by atoms with van der Waals surface area (Å²) in [5.41, 5.74) is 5.36. The number of pyridine rings is 1. The molecular formula is C51H60N16O5S. The molecule has 4 fully saturated rings. The van der Waals surface area contributed by atoms with E-state index in [-0.39, 0.29) is 53.1 Å². The number of sulfone groups is 1. The third kappa shape index (κ3) is 8.80. The fourth-order valence-electron chi connectivity index (χ4n) is 12.2. The molecule has 0 unspecified atom stereocenters. The number of hydrogen-bond donors (Lipinski definition) is 4. The fourth-order valence-corrected chi connectivity index (χ4v) is 12.7. The van der Waals surface area contributed by atoms with Crippen molar-refractivity contribution in [3.8, 4) is 0 Å². The third-order valence-electron chi connectivity index (χ3n) is 15.8. The van der Waals surface area contributed by atoms with Crippen LogP contribution >= 0.6 is 0 Å². The number of nitrogens with zero attached hydrogens (tertiary/aromatic N) is 12. The van der Waals surface area contributed by atoms with Gasteiger partial charge in [-0.3, -0.25) is 14.4 Å². The lowest BCUT2D eigenvalue weighted by molar-refractivity contribution is 0.0847. The quantitative estimate of drug-likeness (QED) is 0.157. The minimum atomic E-state index is -3.48. The Balaban J connectivity index is 0.000000116. The molecule has 0 radical (unpaired) electrons. The zero-order valence-electron chi connectivity index (χ0n) is 41.3. The van der Waals surface area contributed by atoms with Crippen molar-refractivity contribution < 1.29 is 22.8 Å². The second-order valence-corrected chi connectivity index (χ2v) is 22.6. The van der Waals surface area contributed by atoms with E-state index in [4.69, 9.17) is 4.98 Å². The predicted octanol–water partition coefficient (Wildman–Crippen LogP) is 5.58. The first-order valence-corrected chi connectivity index (χ1v) is 27.6. The highest BCUT2D eigenvalue weighted by Crippen LogP contribution is 2.39. The van der Waals surface area contributed by atoms with Gasteiger partial charge in [-0.25, -0.2) is 33.3 Å². The van der Waals surface area contributed by atoms with Gasteiger partial charge in [0.1, 0.15) is 45.7 Å². The Hall–Kier alpha value is -7.07. The van der Waals surface area contributed by atoms with E-state index in [1.807, 2.05) is 42.1 Å². The zero-order valence-corrected chi connectivity index (χ0v) is 42.1. The van der Waals surface area contributed by atoms with Crippen LogP contribution < -0.4 is 26.2 Å². The topological polar surface area (TPSA) is 245 Å². The molecule has 73 heavy (non-hydrogen) atoms. The van der Waals surface area contributed by atoms with Crippen molar-refractivity contribution in [3.63, 3.8) is 0 Å². The summed E-state index contributed by atoms with van der Waals surface area (Å²) < 4.78 is 29.6. The molecule has 3 aliphatic carbocycles. The number of amides is 3. The lowest BCUT2D eigenvalue weighted by Gasteiger charge is -2.38. The molecule has 1 saturated heterocycles. The molecule has 0 spiro atoms. The number of aryl methyl sites for hydroxylation is 1. The average Bonchev–Trinajstić information content (AvgIpc) is 4.10. The van der Waals surface area contributed by atoms with Crippen LogP contribution in [-0.2, 0) is 9.84 Å².